The Kier molecular flexibility index (Phi) is 5.08. The molecule has 0 N–H and O–H groups in total. The van der Waals surface area contributed by atoms with Crippen LogP contribution in [-0.2, 0) is 28.0 Å². The Balaban J connectivity index is 0.000000980. The van der Waals surface area contributed by atoms with Gasteiger partial charge in [-0.3, -0.25) is 0 Å². The van der Waals surface area contributed by atoms with Crippen LogP contribution < -0.4 is 0 Å². The van der Waals surface area contributed by atoms with Crippen molar-refractivity contribution < 1.29 is 28.0 Å². The van der Waals surface area contributed by atoms with Gasteiger partial charge in [0.2, 0.25) is 0 Å². The van der Waals surface area contributed by atoms with E-state index in [1.54, 1.807) is 0 Å². The van der Waals surface area contributed by atoms with Crippen molar-refractivity contribution in [2.45, 2.75) is 18.9 Å². The molecule has 0 spiro atoms. The van der Waals surface area contributed by atoms with Gasteiger partial charge in [-0.15, -0.1) is 12.4 Å². The Morgan fingerprint density at radius 3 is 1.86 bits per heavy atom. The van der Waals surface area contributed by atoms with Crippen LogP contribution in [0.4, 0.5) is 0 Å². The molecule has 0 saturated carbocycles. The molecule has 0 aromatic carbocycles. The fourth-order valence-electron chi connectivity index (χ4n) is 1.71. The Hall–Kier alpha value is 0.0931. The van der Waals surface area contributed by atoms with Gasteiger partial charge in [0, 0.05) is 0 Å². The second-order valence-corrected chi connectivity index (χ2v) is 3.82. The molecule has 0 unspecified atom stereocenters. The molecule has 0 amide bonds. The fourth-order valence-corrected chi connectivity index (χ4v) is 2.45. The van der Waals surface area contributed by atoms with E-state index in [0.717, 1.165) is 38.0 Å². The summed E-state index contributed by atoms with van der Waals surface area (Å²) in [7, 11) is 0. The molecule has 2 aliphatic rings. The van der Waals surface area contributed by atoms with Crippen molar-refractivity contribution in [1.29, 1.82) is 0 Å². The van der Waals surface area contributed by atoms with Crippen LogP contribution in [-0.4, -0.2) is 6.10 Å². The van der Waals surface area contributed by atoms with Gasteiger partial charge < -0.3 is 0 Å². The minimum absolute atomic E-state index is 0. The number of allylic oxidation sites excluding steroid dienone is 6. The van der Waals surface area contributed by atoms with Crippen LogP contribution in [0.1, 0.15) is 12.8 Å². The minimum atomic E-state index is 0. The van der Waals surface area contributed by atoms with Gasteiger partial charge in [-0.05, 0) is 0 Å². The van der Waals surface area contributed by atoms with Crippen molar-refractivity contribution in [3.05, 3.63) is 47.6 Å². The number of rotatable bonds is 3. The molecule has 14 heavy (non-hydrogen) atoms. The van der Waals surface area contributed by atoms with E-state index in [9.17, 15) is 0 Å². The van der Waals surface area contributed by atoms with Crippen molar-refractivity contribution in [2.24, 2.45) is 0 Å². The average molecular weight is 287 g/mol. The van der Waals surface area contributed by atoms with E-state index < -0.39 is 0 Å². The fraction of sp³-hybridized carbons (Fsp3) is 0.273. The van der Waals surface area contributed by atoms with E-state index in [4.69, 9.17) is 2.81 Å². The third kappa shape index (κ3) is 2.56. The summed E-state index contributed by atoms with van der Waals surface area (Å²) >= 11 is 1.15. The first-order chi connectivity index (χ1) is 6.42. The maximum atomic E-state index is 5.59. The first-order valence-electron chi connectivity index (χ1n) is 4.45. The quantitative estimate of drug-likeness (QED) is 0.775. The summed E-state index contributed by atoms with van der Waals surface area (Å²) in [5.74, 6) is 0. The second-order valence-electron chi connectivity index (χ2n) is 3.25. The second kappa shape index (κ2) is 5.85. The summed E-state index contributed by atoms with van der Waals surface area (Å²) in [6.45, 7) is 0. The Morgan fingerprint density at radius 1 is 1.07 bits per heavy atom. The SMILES string of the molecule is Cl.[Zr][O]C(C1=CC=CC1)C1=CC=CC1. The van der Waals surface area contributed by atoms with Gasteiger partial charge in [-0.2, -0.15) is 0 Å². The van der Waals surface area contributed by atoms with Gasteiger partial charge in [0.1, 0.15) is 0 Å². The van der Waals surface area contributed by atoms with Gasteiger partial charge in [0.05, 0.1) is 0 Å². The summed E-state index contributed by atoms with van der Waals surface area (Å²) < 4.78 is 5.59. The summed E-state index contributed by atoms with van der Waals surface area (Å²) in [5.41, 5.74) is 2.79. The summed E-state index contributed by atoms with van der Waals surface area (Å²) in [6.07, 6.45) is 15.3. The van der Waals surface area contributed by atoms with E-state index in [0.29, 0.717) is 0 Å². The first-order valence-corrected chi connectivity index (χ1v) is 5.45. The van der Waals surface area contributed by atoms with E-state index in [-0.39, 0.29) is 18.5 Å². The Bertz CT molecular complexity index is 285. The molecule has 3 heteroatoms. The number of hydrogen-bond donors (Lipinski definition) is 0. The molecular formula is C11H12ClOZr. The first kappa shape index (κ1) is 12.2. The van der Waals surface area contributed by atoms with Crippen LogP contribution in [0.3, 0.4) is 0 Å². The molecular weight excluding hydrogens is 275 g/mol. The van der Waals surface area contributed by atoms with Crippen LogP contribution in [0.25, 0.3) is 0 Å². The zero-order valence-corrected chi connectivity index (χ0v) is 11.0. The summed E-state index contributed by atoms with van der Waals surface area (Å²) in [6, 6.07) is 0. The normalized spacial score (nSPS) is 18.3. The van der Waals surface area contributed by atoms with Crippen molar-refractivity contribution in [2.75, 3.05) is 0 Å². The topological polar surface area (TPSA) is 9.23 Å². The van der Waals surface area contributed by atoms with Crippen molar-refractivity contribution in [3.63, 3.8) is 0 Å². The summed E-state index contributed by atoms with van der Waals surface area (Å²) in [4.78, 5) is 0. The summed E-state index contributed by atoms with van der Waals surface area (Å²) in [5, 5.41) is 0. The van der Waals surface area contributed by atoms with Gasteiger partial charge >= 0.3 is 94.5 Å². The van der Waals surface area contributed by atoms with Gasteiger partial charge in [-0.1, -0.05) is 0 Å². The maximum absolute atomic E-state index is 5.59. The van der Waals surface area contributed by atoms with Gasteiger partial charge in [0.15, 0.2) is 0 Å². The van der Waals surface area contributed by atoms with E-state index >= 15 is 0 Å². The Labute approximate surface area is 106 Å². The number of halogens is 1. The predicted octanol–water partition coefficient (Wildman–Crippen LogP) is 3.03. The van der Waals surface area contributed by atoms with E-state index in [1.165, 1.54) is 11.1 Å². The molecule has 1 nitrogen and oxygen atoms in total. The number of hydrogen-bond acceptors (Lipinski definition) is 1. The van der Waals surface area contributed by atoms with Crippen molar-refractivity contribution in [1.82, 2.24) is 0 Å². The Morgan fingerprint density at radius 2 is 1.57 bits per heavy atom. The van der Waals surface area contributed by atoms with Gasteiger partial charge in [0.25, 0.3) is 0 Å². The van der Waals surface area contributed by atoms with Crippen molar-refractivity contribution in [3.8, 4) is 0 Å². The van der Waals surface area contributed by atoms with Crippen LogP contribution in [0.15, 0.2) is 47.6 Å². The average Bonchev–Trinajstić information content (AvgIpc) is 2.76. The monoisotopic (exact) mass is 285 g/mol. The molecule has 0 fully saturated rings. The van der Waals surface area contributed by atoms with Crippen LogP contribution in [0.2, 0.25) is 0 Å². The molecule has 0 saturated heterocycles. The molecule has 0 heterocycles. The molecule has 0 atom stereocenters. The van der Waals surface area contributed by atoms with E-state index in [2.05, 4.69) is 36.5 Å². The predicted molar refractivity (Wildman–Crippen MR) is 55.8 cm³/mol. The third-order valence-electron chi connectivity index (χ3n) is 2.39. The molecule has 73 valence electrons. The standard InChI is InChI=1S/C11H11O.ClH.Zr/c12-11(9-5-1-2-6-9)10-7-3-4-8-10;;/h1-5,7,11H,6,8H2;1H;/q-1;;+1. The van der Waals surface area contributed by atoms with Crippen LogP contribution in [0, 0.1) is 0 Å². The van der Waals surface area contributed by atoms with Crippen molar-refractivity contribution >= 4 is 12.4 Å². The molecule has 2 rings (SSSR count). The molecule has 0 aliphatic heterocycles. The molecule has 0 bridgehead atoms. The van der Waals surface area contributed by atoms with E-state index in [1.807, 2.05) is 0 Å². The molecule has 0 aromatic heterocycles. The van der Waals surface area contributed by atoms with Crippen LogP contribution >= 0.6 is 12.4 Å². The van der Waals surface area contributed by atoms with Gasteiger partial charge in [-0.25, -0.2) is 0 Å². The van der Waals surface area contributed by atoms with Crippen LogP contribution in [0.5, 0.6) is 0 Å². The molecule has 0 aromatic rings. The molecule has 0 radical (unpaired) electrons. The molecule has 2 aliphatic carbocycles. The third-order valence-corrected chi connectivity index (χ3v) is 2.97. The zero-order chi connectivity index (χ0) is 9.10. The zero-order valence-electron chi connectivity index (χ0n) is 7.77.